The Morgan fingerprint density at radius 2 is 1.33 bits per heavy atom. The van der Waals surface area contributed by atoms with Gasteiger partial charge < -0.3 is 0 Å². The SMILES string of the molecule is CCCCCCCCCCCCc1ccc(C(=S)C=Cc2ccc(C)c(C)c2)cc1. The van der Waals surface area contributed by atoms with Crippen molar-refractivity contribution in [3.05, 3.63) is 76.4 Å². The first-order valence-electron chi connectivity index (χ1n) is 12.0. The van der Waals surface area contributed by atoms with E-state index in [0.717, 1.165) is 10.4 Å². The fourth-order valence-corrected chi connectivity index (χ4v) is 3.99. The van der Waals surface area contributed by atoms with E-state index >= 15 is 0 Å². The number of thiocarbonyl (C=S) groups is 1. The highest BCUT2D eigenvalue weighted by molar-refractivity contribution is 7.81. The lowest BCUT2D eigenvalue weighted by atomic mass is 10.0. The molecule has 0 atom stereocenters. The van der Waals surface area contributed by atoms with Crippen LogP contribution in [0.2, 0.25) is 0 Å². The van der Waals surface area contributed by atoms with Gasteiger partial charge in [0.2, 0.25) is 0 Å². The summed E-state index contributed by atoms with van der Waals surface area (Å²) in [5.74, 6) is 0. The minimum Gasteiger partial charge on any atom is -0.0795 e. The van der Waals surface area contributed by atoms with Crippen LogP contribution in [-0.4, -0.2) is 4.86 Å². The number of unbranched alkanes of at least 4 members (excludes halogenated alkanes) is 9. The van der Waals surface area contributed by atoms with Gasteiger partial charge in [-0.05, 0) is 60.6 Å². The topological polar surface area (TPSA) is 0 Å². The van der Waals surface area contributed by atoms with Crippen LogP contribution < -0.4 is 0 Å². The van der Waals surface area contributed by atoms with Crippen molar-refractivity contribution in [2.24, 2.45) is 0 Å². The molecule has 0 unspecified atom stereocenters. The second kappa shape index (κ2) is 14.3. The number of hydrogen-bond acceptors (Lipinski definition) is 1. The summed E-state index contributed by atoms with van der Waals surface area (Å²) in [6.45, 7) is 6.58. The Labute approximate surface area is 190 Å². The summed E-state index contributed by atoms with van der Waals surface area (Å²) in [4.78, 5) is 0.902. The molecule has 0 amide bonds. The normalized spacial score (nSPS) is 11.3. The molecule has 0 fully saturated rings. The predicted octanol–water partition coefficient (Wildman–Crippen LogP) is 9.20. The van der Waals surface area contributed by atoms with E-state index in [1.54, 1.807) is 0 Å². The molecule has 2 aromatic rings. The van der Waals surface area contributed by atoms with Crippen molar-refractivity contribution in [3.63, 3.8) is 0 Å². The molecular formula is C29H40S. The first-order chi connectivity index (χ1) is 14.6. The summed E-state index contributed by atoms with van der Waals surface area (Å²) < 4.78 is 0. The molecule has 30 heavy (non-hydrogen) atoms. The third kappa shape index (κ3) is 9.39. The number of benzene rings is 2. The van der Waals surface area contributed by atoms with Gasteiger partial charge in [-0.15, -0.1) is 0 Å². The van der Waals surface area contributed by atoms with Crippen LogP contribution in [0.5, 0.6) is 0 Å². The second-order valence-corrected chi connectivity index (χ2v) is 9.11. The van der Waals surface area contributed by atoms with Gasteiger partial charge in [-0.25, -0.2) is 0 Å². The zero-order valence-corrected chi connectivity index (χ0v) is 20.2. The quantitative estimate of drug-likeness (QED) is 0.127. The van der Waals surface area contributed by atoms with Crippen molar-refractivity contribution < 1.29 is 0 Å². The molecule has 0 heterocycles. The summed E-state index contributed by atoms with van der Waals surface area (Å²) in [6, 6.07) is 15.4. The Morgan fingerprint density at radius 3 is 1.93 bits per heavy atom. The van der Waals surface area contributed by atoms with Crippen LogP contribution in [-0.2, 0) is 6.42 Å². The third-order valence-electron chi connectivity index (χ3n) is 6.02. The molecule has 0 radical (unpaired) electrons. The number of allylic oxidation sites excluding steroid dienone is 1. The van der Waals surface area contributed by atoms with Crippen molar-refractivity contribution in [3.8, 4) is 0 Å². The van der Waals surface area contributed by atoms with Crippen molar-refractivity contribution in [2.45, 2.75) is 91.4 Å². The van der Waals surface area contributed by atoms with Gasteiger partial charge >= 0.3 is 0 Å². The van der Waals surface area contributed by atoms with E-state index in [-0.39, 0.29) is 0 Å². The predicted molar refractivity (Wildman–Crippen MR) is 139 cm³/mol. The van der Waals surface area contributed by atoms with Crippen LogP contribution in [0.3, 0.4) is 0 Å². The largest absolute Gasteiger partial charge is 0.0795 e. The number of aryl methyl sites for hydroxylation is 3. The molecule has 0 nitrogen and oxygen atoms in total. The first-order valence-corrected chi connectivity index (χ1v) is 12.4. The van der Waals surface area contributed by atoms with Crippen LogP contribution in [0.15, 0.2) is 48.5 Å². The van der Waals surface area contributed by atoms with Gasteiger partial charge in [-0.3, -0.25) is 0 Å². The van der Waals surface area contributed by atoms with Crippen LogP contribution in [0.4, 0.5) is 0 Å². The molecule has 0 bridgehead atoms. The molecule has 0 N–H and O–H groups in total. The van der Waals surface area contributed by atoms with Gasteiger partial charge in [-0.1, -0.05) is 125 Å². The molecule has 0 saturated heterocycles. The summed E-state index contributed by atoms with van der Waals surface area (Å²) in [6.07, 6.45) is 19.3. The lowest BCUT2D eigenvalue weighted by molar-refractivity contribution is 0.556. The van der Waals surface area contributed by atoms with Crippen molar-refractivity contribution in [2.75, 3.05) is 0 Å². The molecule has 0 aromatic heterocycles. The molecule has 0 aliphatic carbocycles. The Hall–Kier alpha value is -1.73. The van der Waals surface area contributed by atoms with Gasteiger partial charge in [0.05, 0.1) is 0 Å². The molecule has 0 aliphatic rings. The van der Waals surface area contributed by atoms with Crippen molar-refractivity contribution in [1.29, 1.82) is 0 Å². The minimum absolute atomic E-state index is 0.902. The lowest BCUT2D eigenvalue weighted by Gasteiger charge is -2.05. The molecule has 1 heteroatoms. The number of hydrogen-bond donors (Lipinski definition) is 0. The second-order valence-electron chi connectivity index (χ2n) is 8.67. The van der Waals surface area contributed by atoms with Crippen LogP contribution in [0.25, 0.3) is 6.08 Å². The van der Waals surface area contributed by atoms with Crippen molar-refractivity contribution in [1.82, 2.24) is 0 Å². The van der Waals surface area contributed by atoms with Crippen LogP contribution in [0, 0.1) is 13.8 Å². The average molecular weight is 421 g/mol. The maximum Gasteiger partial charge on any atom is 0.0449 e. The zero-order valence-electron chi connectivity index (χ0n) is 19.4. The molecule has 2 aromatic carbocycles. The zero-order chi connectivity index (χ0) is 21.6. The highest BCUT2D eigenvalue weighted by Crippen LogP contribution is 2.15. The first kappa shape index (κ1) is 24.5. The minimum atomic E-state index is 0.902. The van der Waals surface area contributed by atoms with Gasteiger partial charge in [0.15, 0.2) is 0 Å². The van der Waals surface area contributed by atoms with Gasteiger partial charge in [0, 0.05) is 4.86 Å². The molecule has 162 valence electrons. The molecule has 0 spiro atoms. The monoisotopic (exact) mass is 420 g/mol. The van der Waals surface area contributed by atoms with Gasteiger partial charge in [-0.2, -0.15) is 0 Å². The highest BCUT2D eigenvalue weighted by Gasteiger charge is 2.00. The molecule has 0 saturated carbocycles. The summed E-state index contributed by atoms with van der Waals surface area (Å²) in [7, 11) is 0. The Morgan fingerprint density at radius 1 is 0.733 bits per heavy atom. The smallest absolute Gasteiger partial charge is 0.0449 e. The number of rotatable bonds is 14. The Bertz CT molecular complexity index is 783. The van der Waals surface area contributed by atoms with E-state index in [4.69, 9.17) is 12.2 Å². The Kier molecular flexibility index (Phi) is 11.7. The fourth-order valence-electron chi connectivity index (χ4n) is 3.79. The van der Waals surface area contributed by atoms with Gasteiger partial charge in [0.25, 0.3) is 0 Å². The average Bonchev–Trinajstić information content (AvgIpc) is 2.76. The summed E-state index contributed by atoms with van der Waals surface area (Å²) >= 11 is 5.61. The standard InChI is InChI=1S/C29H40S/c1-4-5-6-7-8-9-10-11-12-13-14-26-17-20-28(21-18-26)29(30)22-19-27-16-15-24(2)25(3)23-27/h15-23H,4-14H2,1-3H3. The van der Waals surface area contributed by atoms with Crippen molar-refractivity contribution >= 4 is 23.2 Å². The summed E-state index contributed by atoms with van der Waals surface area (Å²) in [5.41, 5.74) is 6.42. The van der Waals surface area contributed by atoms with E-state index in [2.05, 4.69) is 75.4 Å². The Balaban J connectivity index is 1.66. The van der Waals surface area contributed by atoms with Crippen LogP contribution >= 0.6 is 12.2 Å². The molecule has 0 aliphatic heterocycles. The highest BCUT2D eigenvalue weighted by atomic mass is 32.1. The lowest BCUT2D eigenvalue weighted by Crippen LogP contribution is -1.94. The van der Waals surface area contributed by atoms with E-state index < -0.39 is 0 Å². The molecular weight excluding hydrogens is 380 g/mol. The third-order valence-corrected chi connectivity index (χ3v) is 6.39. The maximum atomic E-state index is 5.61. The van der Waals surface area contributed by atoms with E-state index in [0.29, 0.717) is 0 Å². The summed E-state index contributed by atoms with van der Waals surface area (Å²) in [5, 5.41) is 0. The van der Waals surface area contributed by atoms with E-state index in [9.17, 15) is 0 Å². The van der Waals surface area contributed by atoms with E-state index in [1.807, 2.05) is 0 Å². The molecule has 2 rings (SSSR count). The van der Waals surface area contributed by atoms with Crippen LogP contribution in [0.1, 0.15) is 98.9 Å². The van der Waals surface area contributed by atoms with Gasteiger partial charge in [0.1, 0.15) is 0 Å². The maximum absolute atomic E-state index is 5.61. The fraction of sp³-hybridized carbons (Fsp3) is 0.483. The van der Waals surface area contributed by atoms with E-state index in [1.165, 1.54) is 92.9 Å².